The minimum absolute atomic E-state index is 0.0178. The summed E-state index contributed by atoms with van der Waals surface area (Å²) in [5, 5.41) is 16.9. The van der Waals surface area contributed by atoms with E-state index in [1.54, 1.807) is 6.07 Å². The van der Waals surface area contributed by atoms with Crippen molar-refractivity contribution in [2.24, 2.45) is 0 Å². The molecule has 0 saturated carbocycles. The number of fused-ring (bicyclic) bond motifs is 1. The van der Waals surface area contributed by atoms with Crippen LogP contribution in [0.4, 0.5) is 17.3 Å². The highest BCUT2D eigenvalue weighted by Crippen LogP contribution is 2.42. The highest BCUT2D eigenvalue weighted by Gasteiger charge is 2.33. The second-order valence-electron chi connectivity index (χ2n) is 8.66. The lowest BCUT2D eigenvalue weighted by Gasteiger charge is -2.20. The van der Waals surface area contributed by atoms with Crippen molar-refractivity contribution in [3.8, 4) is 17.2 Å². The molecule has 2 aliphatic rings. The molecule has 3 N–H and O–H groups in total. The molecule has 2 aromatic carbocycles. The molecular formula is C23H24ClN5O6S2. The quantitative estimate of drug-likeness (QED) is 0.202. The SMILES string of the molecule is C=C(C)[C@@H](Nc1n[s+]([O-])nc1Nc1ccc(Cl)c(S(=O)(=O)N2CCCC2)c1O)c1ccc2c(c1)OCO2. The number of hydrogen-bond acceptors (Lipinski definition) is 10. The molecule has 1 aromatic heterocycles. The van der Waals surface area contributed by atoms with Crippen LogP contribution in [-0.2, 0) is 10.0 Å². The first-order valence-electron chi connectivity index (χ1n) is 11.3. The maximum Gasteiger partial charge on any atom is 0.248 e. The predicted octanol–water partition coefficient (Wildman–Crippen LogP) is 4.55. The van der Waals surface area contributed by atoms with Gasteiger partial charge in [0.1, 0.15) is 4.90 Å². The zero-order chi connectivity index (χ0) is 26.3. The van der Waals surface area contributed by atoms with Crippen LogP contribution in [0.15, 0.2) is 47.4 Å². The summed E-state index contributed by atoms with van der Waals surface area (Å²) >= 11 is 4.27. The lowest BCUT2D eigenvalue weighted by atomic mass is 10.0. The minimum atomic E-state index is -4.02. The average molecular weight is 566 g/mol. The van der Waals surface area contributed by atoms with Crippen molar-refractivity contribution >= 4 is 50.1 Å². The van der Waals surface area contributed by atoms with Crippen molar-refractivity contribution in [3.63, 3.8) is 0 Å². The van der Waals surface area contributed by atoms with Crippen molar-refractivity contribution in [1.29, 1.82) is 0 Å². The van der Waals surface area contributed by atoms with E-state index in [0.717, 1.165) is 24.0 Å². The highest BCUT2D eigenvalue weighted by atomic mass is 35.5. The second kappa shape index (κ2) is 9.99. The van der Waals surface area contributed by atoms with Crippen molar-refractivity contribution < 1.29 is 27.6 Å². The second-order valence-corrected chi connectivity index (χ2v) is 11.8. The minimum Gasteiger partial charge on any atom is -0.546 e. The van der Waals surface area contributed by atoms with Crippen molar-refractivity contribution in [2.45, 2.75) is 30.7 Å². The monoisotopic (exact) mass is 565 g/mol. The molecule has 0 spiro atoms. The molecule has 0 bridgehead atoms. The Kier molecular flexibility index (Phi) is 6.89. The lowest BCUT2D eigenvalue weighted by molar-refractivity contribution is 0.174. The van der Waals surface area contributed by atoms with Gasteiger partial charge >= 0.3 is 0 Å². The number of nitrogens with one attached hydrogen (secondary N) is 2. The first-order valence-corrected chi connectivity index (χ1v) is 14.2. The number of anilines is 3. The molecule has 196 valence electrons. The van der Waals surface area contributed by atoms with Crippen LogP contribution in [0, 0.1) is 0 Å². The molecule has 2 aliphatic heterocycles. The van der Waals surface area contributed by atoms with E-state index >= 15 is 0 Å². The van der Waals surface area contributed by atoms with Crippen molar-refractivity contribution in [2.75, 3.05) is 30.5 Å². The molecule has 3 heterocycles. The topological polar surface area (TPSA) is 149 Å². The van der Waals surface area contributed by atoms with Gasteiger partial charge in [0.2, 0.25) is 28.5 Å². The number of sulfonamides is 1. The highest BCUT2D eigenvalue weighted by molar-refractivity contribution is 7.89. The fourth-order valence-corrected chi connectivity index (χ4v) is 6.97. The third-order valence-corrected chi connectivity index (χ3v) is 9.14. The number of aromatic hydroxyl groups is 1. The molecule has 0 aliphatic carbocycles. The Bertz CT molecular complexity index is 1470. The summed E-state index contributed by atoms with van der Waals surface area (Å²) in [7, 11) is -4.02. The number of ether oxygens (including phenoxy) is 2. The lowest BCUT2D eigenvalue weighted by Crippen LogP contribution is -2.28. The first-order chi connectivity index (χ1) is 17.6. The average Bonchev–Trinajstić information content (AvgIpc) is 3.60. The molecule has 5 rings (SSSR count). The number of phenols is 1. The predicted molar refractivity (Wildman–Crippen MR) is 139 cm³/mol. The van der Waals surface area contributed by atoms with E-state index in [1.165, 1.54) is 16.4 Å². The molecule has 2 atom stereocenters. The summed E-state index contributed by atoms with van der Waals surface area (Å²) in [6.45, 7) is 6.70. The maximum atomic E-state index is 13.1. The smallest absolute Gasteiger partial charge is 0.248 e. The normalized spacial score (nSPS) is 16.6. The van der Waals surface area contributed by atoms with E-state index in [9.17, 15) is 18.1 Å². The van der Waals surface area contributed by atoms with Crippen LogP contribution in [0.5, 0.6) is 17.2 Å². The van der Waals surface area contributed by atoms with E-state index in [-0.39, 0.29) is 29.1 Å². The Hall–Kier alpha value is -3.10. The van der Waals surface area contributed by atoms with Gasteiger partial charge in [0.15, 0.2) is 28.4 Å². The van der Waals surface area contributed by atoms with E-state index in [0.29, 0.717) is 24.6 Å². The van der Waals surface area contributed by atoms with Crippen LogP contribution in [-0.4, -0.2) is 51.0 Å². The first kappa shape index (κ1) is 25.5. The molecule has 3 aromatic rings. The van der Waals surface area contributed by atoms with Gasteiger partial charge < -0.3 is 29.8 Å². The number of halogens is 1. The van der Waals surface area contributed by atoms with Gasteiger partial charge in [-0.1, -0.05) is 29.8 Å². The molecule has 1 fully saturated rings. The third-order valence-electron chi connectivity index (χ3n) is 6.07. The van der Waals surface area contributed by atoms with Crippen LogP contribution in [0.25, 0.3) is 0 Å². The Labute approximate surface area is 221 Å². The van der Waals surface area contributed by atoms with Gasteiger partial charge in [-0.25, -0.2) is 8.42 Å². The Morgan fingerprint density at radius 3 is 2.62 bits per heavy atom. The van der Waals surface area contributed by atoms with Crippen LogP contribution in [0.1, 0.15) is 31.4 Å². The van der Waals surface area contributed by atoms with E-state index < -0.39 is 37.9 Å². The Balaban J connectivity index is 1.46. The zero-order valence-electron chi connectivity index (χ0n) is 19.7. The number of rotatable bonds is 8. The summed E-state index contributed by atoms with van der Waals surface area (Å²) in [6.07, 6.45) is 1.47. The van der Waals surface area contributed by atoms with Gasteiger partial charge in [0.05, 0.1) is 16.8 Å². The molecule has 0 radical (unpaired) electrons. The summed E-state index contributed by atoms with van der Waals surface area (Å²) in [4.78, 5) is -0.396. The Morgan fingerprint density at radius 1 is 1.19 bits per heavy atom. The van der Waals surface area contributed by atoms with Gasteiger partial charge in [0, 0.05) is 21.8 Å². The van der Waals surface area contributed by atoms with Crippen LogP contribution >= 0.6 is 22.7 Å². The van der Waals surface area contributed by atoms with E-state index in [2.05, 4.69) is 26.0 Å². The standard InChI is InChI=1S/C23H24ClN5O6S2/c1-13(2)19(14-5-8-17-18(11-14)35-12-34-17)26-23-22(27-36(31)28-23)25-16-7-6-15(24)21(20(16)30)37(32,33)29-9-3-4-10-29/h5-8,11,19,30H,1,3-4,9-10,12H2,2H3,(H,25,27)(H,26,28)/t19-,36?/m1/s1. The largest absolute Gasteiger partial charge is 0.546 e. The molecule has 37 heavy (non-hydrogen) atoms. The fraction of sp³-hybridized carbons (Fsp3) is 0.304. The van der Waals surface area contributed by atoms with Gasteiger partial charge in [-0.3, -0.25) is 0 Å². The zero-order valence-corrected chi connectivity index (χ0v) is 22.1. The third kappa shape index (κ3) is 4.92. The number of benzene rings is 2. The number of phenolic OH excluding ortho intramolecular Hbond substituents is 1. The summed E-state index contributed by atoms with van der Waals surface area (Å²) in [5.41, 5.74) is 1.54. The van der Waals surface area contributed by atoms with Gasteiger partial charge in [-0.15, -0.1) is 0 Å². The van der Waals surface area contributed by atoms with E-state index in [4.69, 9.17) is 21.1 Å². The van der Waals surface area contributed by atoms with Crippen LogP contribution in [0.2, 0.25) is 5.02 Å². The fourth-order valence-electron chi connectivity index (χ4n) is 4.24. The molecule has 0 amide bonds. The van der Waals surface area contributed by atoms with Gasteiger partial charge in [0.25, 0.3) is 0 Å². The van der Waals surface area contributed by atoms with Gasteiger partial charge in [-0.05, 0) is 49.6 Å². The van der Waals surface area contributed by atoms with Crippen molar-refractivity contribution in [3.05, 3.63) is 53.1 Å². The number of nitrogens with zero attached hydrogens (tertiary/aromatic N) is 3. The van der Waals surface area contributed by atoms with Crippen LogP contribution in [0.3, 0.4) is 0 Å². The summed E-state index contributed by atoms with van der Waals surface area (Å²) in [5.74, 6) is 0.846. The Morgan fingerprint density at radius 2 is 1.89 bits per heavy atom. The van der Waals surface area contributed by atoms with Crippen molar-refractivity contribution in [1.82, 2.24) is 13.1 Å². The number of aromatic nitrogens is 2. The maximum absolute atomic E-state index is 13.1. The molecule has 14 heteroatoms. The summed E-state index contributed by atoms with van der Waals surface area (Å²) in [6, 6.07) is 7.76. The van der Waals surface area contributed by atoms with E-state index in [1.807, 2.05) is 19.1 Å². The molecule has 1 unspecified atom stereocenters. The molecule has 1 saturated heterocycles. The molecule has 11 nitrogen and oxygen atoms in total. The van der Waals surface area contributed by atoms with Crippen LogP contribution < -0.4 is 20.1 Å². The van der Waals surface area contributed by atoms with Gasteiger partial charge in [-0.2, -0.15) is 4.31 Å². The molecular weight excluding hydrogens is 542 g/mol. The number of hydrogen-bond donors (Lipinski definition) is 3. The summed E-state index contributed by atoms with van der Waals surface area (Å²) < 4.78 is 58.7.